The van der Waals surface area contributed by atoms with E-state index in [0.29, 0.717) is 0 Å². The maximum Gasteiger partial charge on any atom is 0.0891 e. The van der Waals surface area contributed by atoms with Gasteiger partial charge in [-0.2, -0.15) is 0 Å². The number of hydrogen-bond donors (Lipinski definition) is 0. The molecule has 0 saturated carbocycles. The lowest BCUT2D eigenvalue weighted by Gasteiger charge is -2.22. The molecule has 0 bridgehead atoms. The molecule has 0 N–H and O–H groups in total. The van der Waals surface area contributed by atoms with E-state index >= 15 is 0 Å². The molecule has 0 aliphatic carbocycles. The standard InChI is InChI=1S/C12H17O/c1-12(2,10-13-3)9-11-7-5-4-6-8-11/h4-8,10H,9H2,1-3H3. The second-order valence-electron chi connectivity index (χ2n) is 4.00. The average molecular weight is 177 g/mol. The lowest BCUT2D eigenvalue weighted by molar-refractivity contribution is 0.180. The van der Waals surface area contributed by atoms with Gasteiger partial charge in [0.25, 0.3) is 0 Å². The Morgan fingerprint density at radius 1 is 1.23 bits per heavy atom. The zero-order valence-electron chi connectivity index (χ0n) is 8.58. The van der Waals surface area contributed by atoms with E-state index in [1.54, 1.807) is 7.11 Å². The van der Waals surface area contributed by atoms with Gasteiger partial charge in [0.2, 0.25) is 0 Å². The number of benzene rings is 1. The fourth-order valence-electron chi connectivity index (χ4n) is 1.48. The Balaban J connectivity index is 2.58. The molecule has 0 heterocycles. The normalized spacial score (nSPS) is 11.6. The maximum atomic E-state index is 5.05. The summed E-state index contributed by atoms with van der Waals surface area (Å²) in [6.45, 7) is 6.23. The first-order valence-electron chi connectivity index (χ1n) is 4.55. The smallest absolute Gasteiger partial charge is 0.0891 e. The molecule has 0 unspecified atom stereocenters. The van der Waals surface area contributed by atoms with Crippen molar-refractivity contribution in [2.45, 2.75) is 20.3 Å². The van der Waals surface area contributed by atoms with Crippen molar-refractivity contribution >= 4 is 0 Å². The Labute approximate surface area is 80.7 Å². The lowest BCUT2D eigenvalue weighted by Crippen LogP contribution is -2.16. The first-order valence-corrected chi connectivity index (χ1v) is 4.55. The summed E-state index contributed by atoms with van der Waals surface area (Å²) in [4.78, 5) is 0. The predicted octanol–water partition coefficient (Wildman–Crippen LogP) is 3.06. The van der Waals surface area contributed by atoms with Gasteiger partial charge in [-0.3, -0.25) is 0 Å². The highest BCUT2D eigenvalue weighted by atomic mass is 16.5. The Kier molecular flexibility index (Phi) is 3.49. The highest BCUT2D eigenvalue weighted by molar-refractivity contribution is 5.16. The monoisotopic (exact) mass is 177 g/mol. The Morgan fingerprint density at radius 2 is 1.85 bits per heavy atom. The zero-order valence-corrected chi connectivity index (χ0v) is 8.58. The van der Waals surface area contributed by atoms with Crippen LogP contribution in [0, 0.1) is 12.0 Å². The van der Waals surface area contributed by atoms with Crippen LogP contribution in [-0.4, -0.2) is 7.11 Å². The van der Waals surface area contributed by atoms with Crippen LogP contribution >= 0.6 is 0 Å². The van der Waals surface area contributed by atoms with E-state index in [9.17, 15) is 0 Å². The van der Waals surface area contributed by atoms with Crippen LogP contribution in [0.5, 0.6) is 0 Å². The van der Waals surface area contributed by atoms with Crippen LogP contribution in [0.3, 0.4) is 0 Å². The summed E-state index contributed by atoms with van der Waals surface area (Å²) in [7, 11) is 1.70. The van der Waals surface area contributed by atoms with Crippen molar-refractivity contribution in [3.8, 4) is 0 Å². The van der Waals surface area contributed by atoms with Crippen LogP contribution in [0.2, 0.25) is 0 Å². The van der Waals surface area contributed by atoms with Crippen LogP contribution in [0.15, 0.2) is 30.3 Å². The molecule has 1 aromatic rings. The molecule has 0 atom stereocenters. The van der Waals surface area contributed by atoms with Crippen molar-refractivity contribution < 1.29 is 4.74 Å². The van der Waals surface area contributed by atoms with Gasteiger partial charge in [0, 0.05) is 7.11 Å². The van der Waals surface area contributed by atoms with E-state index in [-0.39, 0.29) is 5.41 Å². The van der Waals surface area contributed by atoms with Gasteiger partial charge in [0.15, 0.2) is 0 Å². The van der Waals surface area contributed by atoms with Gasteiger partial charge in [-0.1, -0.05) is 44.2 Å². The van der Waals surface area contributed by atoms with Crippen molar-refractivity contribution in [1.82, 2.24) is 0 Å². The summed E-state index contributed by atoms with van der Waals surface area (Å²) in [5.41, 5.74) is 1.46. The fourth-order valence-corrected chi connectivity index (χ4v) is 1.48. The fraction of sp³-hybridized carbons (Fsp3) is 0.417. The first-order chi connectivity index (χ1) is 6.14. The molecule has 0 aliphatic rings. The molecule has 1 aromatic carbocycles. The van der Waals surface area contributed by atoms with Crippen molar-refractivity contribution in [3.63, 3.8) is 0 Å². The summed E-state index contributed by atoms with van der Waals surface area (Å²) < 4.78 is 5.05. The molecule has 1 rings (SSSR count). The van der Waals surface area contributed by atoms with E-state index in [1.165, 1.54) is 5.56 Å². The third-order valence-electron chi connectivity index (χ3n) is 1.94. The van der Waals surface area contributed by atoms with Crippen LogP contribution in [-0.2, 0) is 11.2 Å². The van der Waals surface area contributed by atoms with E-state index in [0.717, 1.165) is 6.42 Å². The number of hydrogen-bond acceptors (Lipinski definition) is 1. The Hall–Kier alpha value is -0.820. The molecule has 0 saturated heterocycles. The van der Waals surface area contributed by atoms with Gasteiger partial charge >= 0.3 is 0 Å². The molecule has 13 heavy (non-hydrogen) atoms. The second-order valence-corrected chi connectivity index (χ2v) is 4.00. The summed E-state index contributed by atoms with van der Waals surface area (Å²) in [5.74, 6) is 0. The Morgan fingerprint density at radius 3 is 2.38 bits per heavy atom. The highest BCUT2D eigenvalue weighted by Crippen LogP contribution is 2.24. The first kappa shape index (κ1) is 10.3. The summed E-state index contributed by atoms with van der Waals surface area (Å²) in [5, 5.41) is 0. The van der Waals surface area contributed by atoms with Gasteiger partial charge < -0.3 is 4.74 Å². The molecule has 71 valence electrons. The van der Waals surface area contributed by atoms with Gasteiger partial charge in [-0.05, 0) is 17.4 Å². The Bertz CT molecular complexity index is 239. The van der Waals surface area contributed by atoms with Crippen molar-refractivity contribution in [2.75, 3.05) is 7.11 Å². The van der Waals surface area contributed by atoms with Crippen LogP contribution in [0.1, 0.15) is 19.4 Å². The van der Waals surface area contributed by atoms with Crippen LogP contribution in [0.25, 0.3) is 0 Å². The van der Waals surface area contributed by atoms with E-state index in [4.69, 9.17) is 4.74 Å². The molecular weight excluding hydrogens is 160 g/mol. The minimum atomic E-state index is 0.107. The minimum Gasteiger partial charge on any atom is -0.378 e. The predicted molar refractivity (Wildman–Crippen MR) is 55.2 cm³/mol. The summed E-state index contributed by atoms with van der Waals surface area (Å²) in [6.07, 6.45) is 1.02. The zero-order chi connectivity index (χ0) is 9.73. The van der Waals surface area contributed by atoms with Crippen LogP contribution in [0.4, 0.5) is 0 Å². The van der Waals surface area contributed by atoms with E-state index in [1.807, 2.05) is 12.7 Å². The van der Waals surface area contributed by atoms with E-state index < -0.39 is 0 Å². The van der Waals surface area contributed by atoms with Gasteiger partial charge in [0.05, 0.1) is 6.61 Å². The number of methoxy groups -OCH3 is 1. The minimum absolute atomic E-state index is 0.107. The largest absolute Gasteiger partial charge is 0.378 e. The molecule has 1 heteroatoms. The average Bonchev–Trinajstić information content (AvgIpc) is 2.04. The van der Waals surface area contributed by atoms with Gasteiger partial charge in [0.1, 0.15) is 0 Å². The number of rotatable bonds is 4. The maximum absolute atomic E-state index is 5.05. The van der Waals surface area contributed by atoms with Gasteiger partial charge in [-0.15, -0.1) is 0 Å². The summed E-state index contributed by atoms with van der Waals surface area (Å²) >= 11 is 0. The lowest BCUT2D eigenvalue weighted by atomic mass is 9.87. The van der Waals surface area contributed by atoms with Crippen molar-refractivity contribution in [1.29, 1.82) is 0 Å². The van der Waals surface area contributed by atoms with Gasteiger partial charge in [-0.25, -0.2) is 0 Å². The number of ether oxygens (including phenoxy) is 1. The van der Waals surface area contributed by atoms with Crippen LogP contribution < -0.4 is 0 Å². The second kappa shape index (κ2) is 4.43. The molecule has 0 aliphatic heterocycles. The van der Waals surface area contributed by atoms with E-state index in [2.05, 4.69) is 38.1 Å². The molecule has 1 radical (unpaired) electrons. The highest BCUT2D eigenvalue weighted by Gasteiger charge is 2.18. The molecule has 0 fully saturated rings. The molecule has 0 aromatic heterocycles. The van der Waals surface area contributed by atoms with Crippen molar-refractivity contribution in [3.05, 3.63) is 42.5 Å². The SMILES string of the molecule is CO[CH]C(C)(C)Cc1ccccc1. The molecule has 1 nitrogen and oxygen atoms in total. The molecular formula is C12H17O. The third-order valence-corrected chi connectivity index (χ3v) is 1.94. The quantitative estimate of drug-likeness (QED) is 0.686. The van der Waals surface area contributed by atoms with Crippen molar-refractivity contribution in [2.24, 2.45) is 5.41 Å². The topological polar surface area (TPSA) is 9.23 Å². The molecule has 0 spiro atoms. The molecule has 0 amide bonds. The summed E-state index contributed by atoms with van der Waals surface area (Å²) in [6, 6.07) is 10.5. The third kappa shape index (κ3) is 3.60.